The van der Waals surface area contributed by atoms with E-state index in [2.05, 4.69) is 5.10 Å². The predicted octanol–water partition coefficient (Wildman–Crippen LogP) is 4.70. The van der Waals surface area contributed by atoms with Crippen LogP contribution in [0.1, 0.15) is 21.6 Å². The van der Waals surface area contributed by atoms with Gasteiger partial charge in [-0.3, -0.25) is 14.5 Å². The third kappa shape index (κ3) is 3.46. The lowest BCUT2D eigenvalue weighted by molar-refractivity contribution is 0.0980. The molecule has 0 aliphatic heterocycles. The number of fused-ring (bicyclic) bond motifs is 2. The molecule has 0 unspecified atom stereocenters. The maximum atomic E-state index is 13.9. The average Bonchev–Trinajstić information content (AvgIpc) is 3.25. The Morgan fingerprint density at radius 1 is 0.969 bits per heavy atom. The van der Waals surface area contributed by atoms with Crippen molar-refractivity contribution in [3.05, 3.63) is 100.0 Å². The second-order valence-corrected chi connectivity index (χ2v) is 8.63. The maximum Gasteiger partial charge on any atom is 0.281 e. The molecule has 0 N–H and O–H groups in total. The van der Waals surface area contributed by atoms with Gasteiger partial charge in [0.15, 0.2) is 10.8 Å². The van der Waals surface area contributed by atoms with Crippen molar-refractivity contribution >= 4 is 43.4 Å². The van der Waals surface area contributed by atoms with Gasteiger partial charge < -0.3 is 0 Å². The number of para-hydroxylation sites is 1. The molecule has 0 saturated heterocycles. The molecule has 0 fully saturated rings. The fourth-order valence-electron chi connectivity index (χ4n) is 3.77. The molecule has 0 atom stereocenters. The van der Waals surface area contributed by atoms with Gasteiger partial charge in [-0.1, -0.05) is 72.0 Å². The smallest absolute Gasteiger partial charge is 0.278 e. The van der Waals surface area contributed by atoms with Crippen molar-refractivity contribution in [2.45, 2.75) is 13.5 Å². The zero-order valence-electron chi connectivity index (χ0n) is 17.6. The van der Waals surface area contributed by atoms with E-state index in [1.165, 1.54) is 16.0 Å². The third-order valence-electron chi connectivity index (χ3n) is 5.43. The van der Waals surface area contributed by atoms with Gasteiger partial charge >= 0.3 is 0 Å². The summed E-state index contributed by atoms with van der Waals surface area (Å²) in [5.41, 5.74) is 2.92. The number of anilines is 1. The number of aryl methyl sites for hydroxylation is 2. The second kappa shape index (κ2) is 8.01. The van der Waals surface area contributed by atoms with Crippen molar-refractivity contribution < 1.29 is 4.79 Å². The number of hydrogen-bond donors (Lipinski definition) is 0. The lowest BCUT2D eigenvalue weighted by Crippen LogP contribution is -2.33. The van der Waals surface area contributed by atoms with E-state index in [1.807, 2.05) is 61.5 Å². The van der Waals surface area contributed by atoms with Gasteiger partial charge in [0, 0.05) is 12.4 Å². The van der Waals surface area contributed by atoms with Gasteiger partial charge in [0.1, 0.15) is 0 Å². The Labute approximate surface area is 188 Å². The summed E-state index contributed by atoms with van der Waals surface area (Å²) in [6.07, 6.45) is 0. The number of amides is 1. The summed E-state index contributed by atoms with van der Waals surface area (Å²) in [4.78, 5) is 32.9. The van der Waals surface area contributed by atoms with Gasteiger partial charge in [0.2, 0.25) is 0 Å². The first-order chi connectivity index (χ1) is 15.5. The average molecular weight is 441 g/mol. The summed E-state index contributed by atoms with van der Waals surface area (Å²) in [6.45, 7) is 2.36. The van der Waals surface area contributed by atoms with E-state index in [9.17, 15) is 9.59 Å². The highest BCUT2D eigenvalue weighted by Gasteiger charge is 2.26. The molecule has 1 amide bonds. The Morgan fingerprint density at radius 2 is 1.69 bits per heavy atom. The standard InChI is InChI=1S/C25H20N4O2S/c1-16-9-8-14-20-21(16)26-25(32-20)29(15-17-10-4-3-5-11-17)24(31)22-18-12-6-7-13-19(18)23(30)28(2)27-22/h3-14H,15H2,1-2H3. The first kappa shape index (κ1) is 20.1. The first-order valence-electron chi connectivity index (χ1n) is 10.2. The Morgan fingerprint density at radius 3 is 2.44 bits per heavy atom. The van der Waals surface area contributed by atoms with Crippen molar-refractivity contribution in [1.29, 1.82) is 0 Å². The highest BCUT2D eigenvalue weighted by molar-refractivity contribution is 7.22. The zero-order chi connectivity index (χ0) is 22.2. The number of hydrogen-bond acceptors (Lipinski definition) is 5. The van der Waals surface area contributed by atoms with Crippen LogP contribution in [-0.4, -0.2) is 20.7 Å². The van der Waals surface area contributed by atoms with Crippen LogP contribution in [0.3, 0.4) is 0 Å². The molecule has 0 aliphatic rings. The minimum Gasteiger partial charge on any atom is -0.278 e. The number of rotatable bonds is 4. The normalized spacial score (nSPS) is 11.2. The van der Waals surface area contributed by atoms with Crippen LogP contribution >= 0.6 is 11.3 Å². The number of nitrogens with zero attached hydrogens (tertiary/aromatic N) is 4. The SMILES string of the molecule is Cc1cccc2sc(N(Cc3ccccc3)C(=O)c3nn(C)c(=O)c4ccccc34)nc12. The molecule has 2 heterocycles. The van der Waals surface area contributed by atoms with Crippen molar-refractivity contribution in [2.75, 3.05) is 4.90 Å². The van der Waals surface area contributed by atoms with E-state index in [0.717, 1.165) is 21.3 Å². The minimum absolute atomic E-state index is 0.231. The van der Waals surface area contributed by atoms with Crippen LogP contribution in [0.15, 0.2) is 77.6 Å². The first-order valence-corrected chi connectivity index (χ1v) is 11.0. The van der Waals surface area contributed by atoms with E-state index in [0.29, 0.717) is 22.4 Å². The summed E-state index contributed by atoms with van der Waals surface area (Å²) in [5.74, 6) is -0.294. The van der Waals surface area contributed by atoms with Gasteiger partial charge in [-0.05, 0) is 30.2 Å². The maximum absolute atomic E-state index is 13.9. The molecule has 7 heteroatoms. The van der Waals surface area contributed by atoms with Gasteiger partial charge in [0.05, 0.1) is 22.1 Å². The number of benzene rings is 3. The number of thiazole rings is 1. The van der Waals surface area contributed by atoms with E-state index >= 15 is 0 Å². The Kier molecular flexibility index (Phi) is 5.03. The molecule has 3 aromatic carbocycles. The topological polar surface area (TPSA) is 68.1 Å². The number of aromatic nitrogens is 3. The van der Waals surface area contributed by atoms with Crippen LogP contribution in [0.5, 0.6) is 0 Å². The van der Waals surface area contributed by atoms with E-state index in [-0.39, 0.29) is 17.2 Å². The zero-order valence-corrected chi connectivity index (χ0v) is 18.5. The van der Waals surface area contributed by atoms with Gasteiger partial charge in [-0.15, -0.1) is 0 Å². The Balaban J connectivity index is 1.69. The quantitative estimate of drug-likeness (QED) is 0.406. The minimum atomic E-state index is -0.294. The molecule has 2 aromatic heterocycles. The molecule has 5 aromatic rings. The molecule has 0 saturated carbocycles. The van der Waals surface area contributed by atoms with Crippen molar-refractivity contribution in [3.63, 3.8) is 0 Å². The third-order valence-corrected chi connectivity index (χ3v) is 6.47. The Hall–Kier alpha value is -3.84. The molecular formula is C25H20N4O2S. The number of carbonyl (C=O) groups is 1. The van der Waals surface area contributed by atoms with Crippen molar-refractivity contribution in [2.24, 2.45) is 7.05 Å². The largest absolute Gasteiger partial charge is 0.281 e. The van der Waals surface area contributed by atoms with Crippen LogP contribution < -0.4 is 10.5 Å². The van der Waals surface area contributed by atoms with Crippen LogP contribution in [-0.2, 0) is 13.6 Å². The highest BCUT2D eigenvalue weighted by Crippen LogP contribution is 2.32. The molecular weight excluding hydrogens is 420 g/mol. The Bertz CT molecular complexity index is 1520. The van der Waals surface area contributed by atoms with E-state index in [4.69, 9.17) is 4.98 Å². The van der Waals surface area contributed by atoms with Gasteiger partial charge in [-0.2, -0.15) is 5.10 Å². The fourth-order valence-corrected chi connectivity index (χ4v) is 4.81. The summed E-state index contributed by atoms with van der Waals surface area (Å²) >= 11 is 1.47. The fraction of sp³-hybridized carbons (Fsp3) is 0.120. The van der Waals surface area contributed by atoms with Crippen molar-refractivity contribution in [3.8, 4) is 0 Å². The molecule has 158 valence electrons. The molecule has 0 aliphatic carbocycles. The van der Waals surface area contributed by atoms with E-state index in [1.54, 1.807) is 30.1 Å². The summed E-state index contributed by atoms with van der Waals surface area (Å²) in [5, 5.41) is 5.95. The summed E-state index contributed by atoms with van der Waals surface area (Å²) in [6, 6.07) is 22.9. The molecule has 6 nitrogen and oxygen atoms in total. The molecule has 32 heavy (non-hydrogen) atoms. The van der Waals surface area contributed by atoms with E-state index < -0.39 is 0 Å². The molecule has 0 spiro atoms. The van der Waals surface area contributed by atoms with Crippen LogP contribution in [0.4, 0.5) is 5.13 Å². The van der Waals surface area contributed by atoms with Crippen LogP contribution in [0, 0.1) is 6.92 Å². The molecule has 5 rings (SSSR count). The lowest BCUT2D eigenvalue weighted by Gasteiger charge is -2.20. The van der Waals surface area contributed by atoms with Crippen LogP contribution in [0.2, 0.25) is 0 Å². The monoisotopic (exact) mass is 440 g/mol. The van der Waals surface area contributed by atoms with Gasteiger partial charge in [0.25, 0.3) is 11.5 Å². The molecule has 0 bridgehead atoms. The second-order valence-electron chi connectivity index (χ2n) is 7.62. The summed E-state index contributed by atoms with van der Waals surface area (Å²) < 4.78 is 2.24. The van der Waals surface area contributed by atoms with Crippen molar-refractivity contribution in [1.82, 2.24) is 14.8 Å². The van der Waals surface area contributed by atoms with Crippen LogP contribution in [0.25, 0.3) is 21.0 Å². The highest BCUT2D eigenvalue weighted by atomic mass is 32.1. The molecule has 0 radical (unpaired) electrons. The van der Waals surface area contributed by atoms with Gasteiger partial charge in [-0.25, -0.2) is 9.67 Å². The predicted molar refractivity (Wildman–Crippen MR) is 128 cm³/mol. The lowest BCUT2D eigenvalue weighted by atomic mass is 10.1. The number of carbonyl (C=O) groups excluding carboxylic acids is 1. The summed E-state index contributed by atoms with van der Waals surface area (Å²) in [7, 11) is 1.56.